The van der Waals surface area contributed by atoms with Gasteiger partial charge in [-0.3, -0.25) is 24.0 Å². The first-order valence-electron chi connectivity index (χ1n) is 12.0. The van der Waals surface area contributed by atoms with Gasteiger partial charge in [0, 0.05) is 0 Å². The Hall–Kier alpha value is -3.22. The minimum absolute atomic E-state index is 0.183. The van der Waals surface area contributed by atoms with Gasteiger partial charge in [0.1, 0.15) is 18.1 Å². The second-order valence-electron chi connectivity index (χ2n) is 9.61. The third-order valence-electron chi connectivity index (χ3n) is 5.54. The highest BCUT2D eigenvalue weighted by Gasteiger charge is 2.32. The molecule has 0 heterocycles. The molecule has 206 valence electrons. The fourth-order valence-electron chi connectivity index (χ4n) is 3.25. The number of aliphatic carboxylic acids is 2. The zero-order valence-corrected chi connectivity index (χ0v) is 21.8. The van der Waals surface area contributed by atoms with Crippen LogP contribution in [0.4, 0.5) is 0 Å². The van der Waals surface area contributed by atoms with Crippen LogP contribution >= 0.6 is 0 Å². The number of nitrogens with one attached hydrogen (secondary N) is 4. The van der Waals surface area contributed by atoms with Gasteiger partial charge in [-0.25, -0.2) is 4.79 Å². The molecule has 13 nitrogen and oxygen atoms in total. The van der Waals surface area contributed by atoms with Gasteiger partial charge in [-0.2, -0.15) is 0 Å². The zero-order valence-electron chi connectivity index (χ0n) is 21.8. The number of hydrogen-bond acceptors (Lipinski definition) is 7. The Balaban J connectivity index is 5.28. The summed E-state index contributed by atoms with van der Waals surface area (Å²) in [5, 5.41) is 27.4. The SMILES string of the molecule is CC[C@H](C)[C@H](NC(=O)[C@@H](N)CC(C)C)C(=O)N[C@H](C(=O)NCC(=O)N[C@@H](CC(=O)O)C(=O)O)C(C)C. The smallest absolute Gasteiger partial charge is 0.326 e. The molecule has 13 heteroatoms. The molecule has 4 amide bonds. The highest BCUT2D eigenvalue weighted by atomic mass is 16.4. The van der Waals surface area contributed by atoms with Crippen molar-refractivity contribution < 1.29 is 39.0 Å². The normalized spacial score (nSPS) is 15.2. The van der Waals surface area contributed by atoms with Crippen molar-refractivity contribution in [3.63, 3.8) is 0 Å². The lowest BCUT2D eigenvalue weighted by Crippen LogP contribution is -2.59. The van der Waals surface area contributed by atoms with E-state index in [9.17, 15) is 28.8 Å². The summed E-state index contributed by atoms with van der Waals surface area (Å²) < 4.78 is 0. The molecule has 0 spiro atoms. The van der Waals surface area contributed by atoms with Crippen molar-refractivity contribution in [1.29, 1.82) is 0 Å². The van der Waals surface area contributed by atoms with Gasteiger partial charge in [0.05, 0.1) is 19.0 Å². The quantitative estimate of drug-likeness (QED) is 0.136. The third kappa shape index (κ3) is 12.0. The molecule has 0 rings (SSSR count). The summed E-state index contributed by atoms with van der Waals surface area (Å²) in [6.45, 7) is 10.2. The zero-order chi connectivity index (χ0) is 28.2. The van der Waals surface area contributed by atoms with Crippen molar-refractivity contribution >= 4 is 35.6 Å². The van der Waals surface area contributed by atoms with E-state index in [2.05, 4.69) is 16.0 Å². The summed E-state index contributed by atoms with van der Waals surface area (Å²) in [6, 6.07) is -4.45. The Morgan fingerprint density at radius 3 is 1.81 bits per heavy atom. The molecule has 0 unspecified atom stereocenters. The van der Waals surface area contributed by atoms with Crippen LogP contribution in [0.3, 0.4) is 0 Å². The maximum Gasteiger partial charge on any atom is 0.326 e. The number of carbonyl (C=O) groups is 6. The van der Waals surface area contributed by atoms with Crippen LogP contribution < -0.4 is 27.0 Å². The van der Waals surface area contributed by atoms with Crippen molar-refractivity contribution in [3.8, 4) is 0 Å². The van der Waals surface area contributed by atoms with E-state index in [0.717, 1.165) is 0 Å². The highest BCUT2D eigenvalue weighted by Crippen LogP contribution is 2.11. The van der Waals surface area contributed by atoms with E-state index in [1.807, 2.05) is 26.1 Å². The molecule has 0 aromatic heterocycles. The number of carboxylic acids is 2. The van der Waals surface area contributed by atoms with Gasteiger partial charge in [-0.15, -0.1) is 0 Å². The summed E-state index contributed by atoms with van der Waals surface area (Å²) >= 11 is 0. The third-order valence-corrected chi connectivity index (χ3v) is 5.54. The summed E-state index contributed by atoms with van der Waals surface area (Å²) in [4.78, 5) is 72.2. The molecule has 0 aliphatic carbocycles. The van der Waals surface area contributed by atoms with Crippen molar-refractivity contribution in [2.24, 2.45) is 23.5 Å². The van der Waals surface area contributed by atoms with Gasteiger partial charge in [0.15, 0.2) is 0 Å². The Morgan fingerprint density at radius 2 is 1.36 bits per heavy atom. The standard InChI is InChI=1S/C23H41N5O8/c1-7-13(6)19(28-20(32)14(24)8-11(2)3)22(34)27-18(12(4)5)21(33)25-10-16(29)26-15(23(35)36)9-17(30)31/h11-15,18-19H,7-10,24H2,1-6H3,(H,25,33)(H,26,29)(H,27,34)(H,28,32)(H,30,31)(H,35,36)/t13-,14-,15-,18-,19-/m0/s1. The average molecular weight is 516 g/mol. The number of hydrogen-bond donors (Lipinski definition) is 7. The van der Waals surface area contributed by atoms with Gasteiger partial charge in [0.2, 0.25) is 23.6 Å². The average Bonchev–Trinajstić information content (AvgIpc) is 2.76. The molecular weight excluding hydrogens is 474 g/mol. The van der Waals surface area contributed by atoms with Crippen LogP contribution in [0, 0.1) is 17.8 Å². The highest BCUT2D eigenvalue weighted by molar-refractivity contribution is 5.95. The molecule has 0 saturated carbocycles. The summed E-state index contributed by atoms with van der Waals surface area (Å²) in [7, 11) is 0. The maximum atomic E-state index is 13.1. The van der Waals surface area contributed by atoms with Crippen LogP contribution in [0.15, 0.2) is 0 Å². The molecule has 0 aromatic carbocycles. The van der Waals surface area contributed by atoms with Gasteiger partial charge in [-0.05, 0) is 24.2 Å². The lowest BCUT2D eigenvalue weighted by molar-refractivity contribution is -0.147. The number of carbonyl (C=O) groups excluding carboxylic acids is 4. The van der Waals surface area contributed by atoms with Gasteiger partial charge >= 0.3 is 11.9 Å². The Morgan fingerprint density at radius 1 is 0.806 bits per heavy atom. The van der Waals surface area contributed by atoms with E-state index in [-0.39, 0.29) is 11.8 Å². The van der Waals surface area contributed by atoms with Crippen molar-refractivity contribution in [2.75, 3.05) is 6.54 Å². The number of carboxylic acid groups (broad SMARTS) is 2. The van der Waals surface area contributed by atoms with Crippen LogP contribution in [-0.4, -0.2) is 76.5 Å². The van der Waals surface area contributed by atoms with E-state index in [1.54, 1.807) is 20.8 Å². The molecule has 0 radical (unpaired) electrons. The topological polar surface area (TPSA) is 217 Å². The second-order valence-corrected chi connectivity index (χ2v) is 9.61. The number of nitrogens with two attached hydrogens (primary N) is 1. The molecule has 0 bridgehead atoms. The summed E-state index contributed by atoms with van der Waals surface area (Å²) in [5.41, 5.74) is 5.94. The second kappa shape index (κ2) is 15.7. The molecule has 36 heavy (non-hydrogen) atoms. The predicted molar refractivity (Wildman–Crippen MR) is 130 cm³/mol. The summed E-state index contributed by atoms with van der Waals surface area (Å²) in [6.07, 6.45) is 0.176. The van der Waals surface area contributed by atoms with Crippen LogP contribution in [0.5, 0.6) is 0 Å². The van der Waals surface area contributed by atoms with Crippen LogP contribution in [0.25, 0.3) is 0 Å². The van der Waals surface area contributed by atoms with Gasteiger partial charge < -0.3 is 37.2 Å². The minimum atomic E-state index is -1.66. The molecule has 0 aromatic rings. The molecule has 0 aliphatic rings. The molecule has 0 aliphatic heterocycles. The first-order chi connectivity index (χ1) is 16.6. The maximum absolute atomic E-state index is 13.1. The fourth-order valence-corrected chi connectivity index (χ4v) is 3.25. The van der Waals surface area contributed by atoms with Gasteiger partial charge in [0.25, 0.3) is 0 Å². The molecule has 5 atom stereocenters. The van der Waals surface area contributed by atoms with Crippen molar-refractivity contribution in [2.45, 2.75) is 85.0 Å². The number of rotatable bonds is 16. The fraction of sp³-hybridized carbons (Fsp3) is 0.739. The Kier molecular flexibility index (Phi) is 14.3. The minimum Gasteiger partial charge on any atom is -0.481 e. The first-order valence-corrected chi connectivity index (χ1v) is 12.0. The monoisotopic (exact) mass is 515 g/mol. The van der Waals surface area contributed by atoms with Gasteiger partial charge in [-0.1, -0.05) is 48.0 Å². The predicted octanol–water partition coefficient (Wildman–Crippen LogP) is -0.808. The first kappa shape index (κ1) is 32.8. The van der Waals surface area contributed by atoms with E-state index >= 15 is 0 Å². The molecule has 0 fully saturated rings. The van der Waals surface area contributed by atoms with Crippen LogP contribution in [0.1, 0.15) is 60.8 Å². The lowest BCUT2D eigenvalue weighted by Gasteiger charge is -2.29. The Labute approximate surface area is 211 Å². The van der Waals surface area contributed by atoms with E-state index in [0.29, 0.717) is 12.8 Å². The van der Waals surface area contributed by atoms with Crippen molar-refractivity contribution in [1.82, 2.24) is 21.3 Å². The molecule has 0 saturated heterocycles. The van der Waals surface area contributed by atoms with Crippen LogP contribution in [0.2, 0.25) is 0 Å². The van der Waals surface area contributed by atoms with Crippen LogP contribution in [-0.2, 0) is 28.8 Å². The lowest BCUT2D eigenvalue weighted by atomic mass is 9.95. The number of amides is 4. The van der Waals surface area contributed by atoms with E-state index in [1.165, 1.54) is 0 Å². The van der Waals surface area contributed by atoms with E-state index in [4.69, 9.17) is 15.9 Å². The molecule has 8 N–H and O–H groups in total. The van der Waals surface area contributed by atoms with E-state index < -0.39 is 78.6 Å². The largest absolute Gasteiger partial charge is 0.481 e. The summed E-state index contributed by atoms with van der Waals surface area (Å²) in [5.74, 6) is -6.09. The Bertz CT molecular complexity index is 801. The molecular formula is C23H41N5O8. The van der Waals surface area contributed by atoms with Crippen molar-refractivity contribution in [3.05, 3.63) is 0 Å².